The number of unbranched alkanes of at least 4 members (excludes halogenated alkanes) is 2. The van der Waals surface area contributed by atoms with Crippen molar-refractivity contribution >= 4 is 0 Å². The summed E-state index contributed by atoms with van der Waals surface area (Å²) in [5.74, 6) is 1.43. The van der Waals surface area contributed by atoms with Crippen LogP contribution in [-0.4, -0.2) is 10.7 Å². The van der Waals surface area contributed by atoms with Crippen LogP contribution >= 0.6 is 0 Å². The molecule has 0 aromatic carbocycles. The number of rotatable bonds is 4. The van der Waals surface area contributed by atoms with Gasteiger partial charge in [-0.25, -0.2) is 0 Å². The lowest BCUT2D eigenvalue weighted by Gasteiger charge is -2.39. The first-order chi connectivity index (χ1) is 6.56. The third-order valence-electron chi connectivity index (χ3n) is 3.51. The smallest absolute Gasteiger partial charge is 0.0652 e. The van der Waals surface area contributed by atoms with E-state index in [4.69, 9.17) is 0 Å². The van der Waals surface area contributed by atoms with Crippen LogP contribution in [0.5, 0.6) is 0 Å². The molecular formula is C13H26O. The first kappa shape index (κ1) is 12.0. The van der Waals surface area contributed by atoms with Gasteiger partial charge in [0.1, 0.15) is 0 Å². The highest BCUT2D eigenvalue weighted by atomic mass is 16.3. The maximum Gasteiger partial charge on any atom is 0.0652 e. The quantitative estimate of drug-likeness (QED) is 0.682. The Morgan fingerprint density at radius 2 is 1.71 bits per heavy atom. The van der Waals surface area contributed by atoms with Crippen molar-refractivity contribution in [1.82, 2.24) is 0 Å². The van der Waals surface area contributed by atoms with Gasteiger partial charge in [-0.3, -0.25) is 0 Å². The average Bonchev–Trinajstić information content (AvgIpc) is 2.01. The Balaban J connectivity index is 2.38. The summed E-state index contributed by atoms with van der Waals surface area (Å²) in [6, 6.07) is 0. The van der Waals surface area contributed by atoms with Gasteiger partial charge in [0.05, 0.1) is 5.60 Å². The molecule has 1 N–H and O–H groups in total. The first-order valence-corrected chi connectivity index (χ1v) is 6.28. The van der Waals surface area contributed by atoms with Gasteiger partial charge >= 0.3 is 0 Å². The molecule has 2 atom stereocenters. The van der Waals surface area contributed by atoms with Gasteiger partial charge in [0.15, 0.2) is 0 Å². The van der Waals surface area contributed by atoms with Crippen molar-refractivity contribution < 1.29 is 5.11 Å². The van der Waals surface area contributed by atoms with Crippen molar-refractivity contribution in [1.29, 1.82) is 0 Å². The van der Waals surface area contributed by atoms with E-state index in [9.17, 15) is 5.11 Å². The number of hydrogen-bond acceptors (Lipinski definition) is 1. The van der Waals surface area contributed by atoms with E-state index in [1.54, 1.807) is 0 Å². The molecule has 0 saturated heterocycles. The highest BCUT2D eigenvalue weighted by Gasteiger charge is 2.35. The minimum Gasteiger partial charge on any atom is -0.390 e. The van der Waals surface area contributed by atoms with E-state index in [0.717, 1.165) is 19.3 Å². The molecule has 1 saturated carbocycles. The lowest BCUT2D eigenvalue weighted by Crippen LogP contribution is -2.37. The van der Waals surface area contributed by atoms with Crippen LogP contribution in [0.2, 0.25) is 0 Å². The predicted octanol–water partition coefficient (Wildman–Crippen LogP) is 3.75. The van der Waals surface area contributed by atoms with Crippen molar-refractivity contribution in [2.75, 3.05) is 0 Å². The van der Waals surface area contributed by atoms with Crippen LogP contribution in [0.4, 0.5) is 0 Å². The van der Waals surface area contributed by atoms with Crippen molar-refractivity contribution in [3.8, 4) is 0 Å². The Kier molecular flexibility index (Phi) is 4.43. The number of aliphatic hydroxyl groups is 1. The zero-order valence-electron chi connectivity index (χ0n) is 10.1. The molecule has 0 aromatic heterocycles. The molecule has 1 aliphatic rings. The molecule has 14 heavy (non-hydrogen) atoms. The summed E-state index contributed by atoms with van der Waals surface area (Å²) >= 11 is 0. The summed E-state index contributed by atoms with van der Waals surface area (Å²) in [5, 5.41) is 10.4. The fourth-order valence-corrected chi connectivity index (χ4v) is 3.14. The second-order valence-corrected chi connectivity index (χ2v) is 5.54. The molecule has 0 aromatic rings. The van der Waals surface area contributed by atoms with Crippen LogP contribution in [0.25, 0.3) is 0 Å². The Morgan fingerprint density at radius 3 is 2.21 bits per heavy atom. The highest BCUT2D eigenvalue weighted by molar-refractivity contribution is 4.87. The maximum atomic E-state index is 10.4. The highest BCUT2D eigenvalue weighted by Crippen LogP contribution is 2.38. The van der Waals surface area contributed by atoms with Crippen LogP contribution in [0.15, 0.2) is 0 Å². The second kappa shape index (κ2) is 5.16. The Bertz CT molecular complexity index is 155. The minimum atomic E-state index is -0.327. The van der Waals surface area contributed by atoms with Crippen LogP contribution < -0.4 is 0 Å². The largest absolute Gasteiger partial charge is 0.390 e. The van der Waals surface area contributed by atoms with Crippen molar-refractivity contribution in [3.63, 3.8) is 0 Å². The Hall–Kier alpha value is -0.0400. The fourth-order valence-electron chi connectivity index (χ4n) is 3.14. The topological polar surface area (TPSA) is 20.2 Å². The van der Waals surface area contributed by atoms with E-state index in [0.29, 0.717) is 11.8 Å². The van der Waals surface area contributed by atoms with Crippen LogP contribution in [0.3, 0.4) is 0 Å². The van der Waals surface area contributed by atoms with E-state index < -0.39 is 0 Å². The summed E-state index contributed by atoms with van der Waals surface area (Å²) in [5.41, 5.74) is -0.327. The van der Waals surface area contributed by atoms with Crippen molar-refractivity contribution in [2.45, 2.75) is 71.3 Å². The van der Waals surface area contributed by atoms with Crippen molar-refractivity contribution in [2.24, 2.45) is 11.8 Å². The summed E-state index contributed by atoms with van der Waals surface area (Å²) in [6.07, 6.45) is 8.10. The second-order valence-electron chi connectivity index (χ2n) is 5.54. The molecule has 0 aliphatic heterocycles. The summed E-state index contributed by atoms with van der Waals surface area (Å²) in [6.45, 7) is 6.77. The molecule has 1 heteroatoms. The van der Waals surface area contributed by atoms with Gasteiger partial charge in [0.25, 0.3) is 0 Å². The van der Waals surface area contributed by atoms with Gasteiger partial charge in [0.2, 0.25) is 0 Å². The third kappa shape index (κ3) is 3.61. The van der Waals surface area contributed by atoms with Crippen LogP contribution in [0, 0.1) is 11.8 Å². The lowest BCUT2D eigenvalue weighted by molar-refractivity contribution is -0.0392. The minimum absolute atomic E-state index is 0.327. The summed E-state index contributed by atoms with van der Waals surface area (Å²) in [4.78, 5) is 0. The zero-order chi connectivity index (χ0) is 10.6. The first-order valence-electron chi connectivity index (χ1n) is 6.28. The number of hydrogen-bond donors (Lipinski definition) is 1. The van der Waals surface area contributed by atoms with Gasteiger partial charge in [0, 0.05) is 0 Å². The van der Waals surface area contributed by atoms with E-state index in [-0.39, 0.29) is 5.60 Å². The lowest BCUT2D eigenvalue weighted by atomic mass is 9.72. The monoisotopic (exact) mass is 198 g/mol. The SMILES string of the molecule is CCCCCC1(O)CC(C)CC(C)C1. The molecular weight excluding hydrogens is 172 g/mol. The van der Waals surface area contributed by atoms with E-state index in [1.807, 2.05) is 0 Å². The summed E-state index contributed by atoms with van der Waals surface area (Å²) < 4.78 is 0. The Morgan fingerprint density at radius 1 is 1.14 bits per heavy atom. The molecule has 1 rings (SSSR count). The average molecular weight is 198 g/mol. The van der Waals surface area contributed by atoms with E-state index >= 15 is 0 Å². The van der Waals surface area contributed by atoms with Gasteiger partial charge in [-0.2, -0.15) is 0 Å². The molecule has 1 aliphatic carbocycles. The molecule has 0 radical (unpaired) electrons. The zero-order valence-corrected chi connectivity index (χ0v) is 10.1. The summed E-state index contributed by atoms with van der Waals surface area (Å²) in [7, 11) is 0. The van der Waals surface area contributed by atoms with Gasteiger partial charge in [-0.15, -0.1) is 0 Å². The normalized spacial score (nSPS) is 38.6. The van der Waals surface area contributed by atoms with Gasteiger partial charge in [-0.1, -0.05) is 40.0 Å². The fraction of sp³-hybridized carbons (Fsp3) is 1.00. The molecule has 0 heterocycles. The Labute approximate surface area is 88.9 Å². The van der Waals surface area contributed by atoms with Crippen LogP contribution in [-0.2, 0) is 0 Å². The molecule has 1 fully saturated rings. The van der Waals surface area contributed by atoms with Gasteiger partial charge in [-0.05, 0) is 37.5 Å². The van der Waals surface area contributed by atoms with Crippen molar-refractivity contribution in [3.05, 3.63) is 0 Å². The molecule has 0 bridgehead atoms. The molecule has 84 valence electrons. The predicted molar refractivity (Wildman–Crippen MR) is 61.3 cm³/mol. The maximum absolute atomic E-state index is 10.4. The third-order valence-corrected chi connectivity index (χ3v) is 3.51. The standard InChI is InChI=1S/C13H26O/c1-4-5-6-7-13(14)9-11(2)8-12(3)10-13/h11-12,14H,4-10H2,1-3H3. The van der Waals surface area contributed by atoms with Crippen LogP contribution in [0.1, 0.15) is 65.7 Å². The van der Waals surface area contributed by atoms with E-state index in [1.165, 1.54) is 25.7 Å². The van der Waals surface area contributed by atoms with Gasteiger partial charge < -0.3 is 5.11 Å². The molecule has 1 nitrogen and oxygen atoms in total. The molecule has 0 spiro atoms. The van der Waals surface area contributed by atoms with E-state index in [2.05, 4.69) is 20.8 Å². The molecule has 2 unspecified atom stereocenters. The molecule has 0 amide bonds.